The van der Waals surface area contributed by atoms with Crippen molar-refractivity contribution in [2.45, 2.75) is 19.4 Å². The van der Waals surface area contributed by atoms with Crippen LogP contribution in [-0.4, -0.2) is 33.8 Å². The van der Waals surface area contributed by atoms with Gasteiger partial charge in [0.1, 0.15) is 5.82 Å². The summed E-state index contributed by atoms with van der Waals surface area (Å²) in [5.74, 6) is -0.701. The number of nitrogens with one attached hydrogen (secondary N) is 1. The molecule has 0 aliphatic rings. The van der Waals surface area contributed by atoms with Crippen molar-refractivity contribution in [2.75, 3.05) is 7.05 Å². The SMILES string of the molecule is CN(Cc1cn[nH]c1-c1ccccc1)C(=O)CCC(=O)c1ccc(F)cc1. The van der Waals surface area contributed by atoms with Crippen LogP contribution in [0.25, 0.3) is 11.3 Å². The summed E-state index contributed by atoms with van der Waals surface area (Å²) >= 11 is 0. The summed E-state index contributed by atoms with van der Waals surface area (Å²) in [6.07, 6.45) is 1.90. The molecule has 2 aromatic carbocycles. The molecule has 5 nitrogen and oxygen atoms in total. The fraction of sp³-hybridized carbons (Fsp3) is 0.190. The Balaban J connectivity index is 1.58. The summed E-state index contributed by atoms with van der Waals surface area (Å²) in [6, 6.07) is 15.1. The molecule has 1 aromatic heterocycles. The van der Waals surface area contributed by atoms with Crippen LogP contribution in [0, 0.1) is 5.82 Å². The van der Waals surface area contributed by atoms with Crippen molar-refractivity contribution in [3.8, 4) is 11.3 Å². The first kappa shape index (κ1) is 18.5. The van der Waals surface area contributed by atoms with Crippen molar-refractivity contribution in [3.05, 3.63) is 77.7 Å². The van der Waals surface area contributed by atoms with E-state index in [1.807, 2.05) is 30.3 Å². The van der Waals surface area contributed by atoms with E-state index in [-0.39, 0.29) is 24.5 Å². The molecule has 0 saturated heterocycles. The maximum atomic E-state index is 12.9. The summed E-state index contributed by atoms with van der Waals surface area (Å²) < 4.78 is 12.9. The van der Waals surface area contributed by atoms with Crippen molar-refractivity contribution in [1.29, 1.82) is 0 Å². The molecule has 1 heterocycles. The molecule has 3 aromatic rings. The van der Waals surface area contributed by atoms with Crippen molar-refractivity contribution >= 4 is 11.7 Å². The Morgan fingerprint density at radius 1 is 1.04 bits per heavy atom. The number of hydrogen-bond acceptors (Lipinski definition) is 3. The van der Waals surface area contributed by atoms with Crippen LogP contribution < -0.4 is 0 Å². The molecule has 138 valence electrons. The first-order chi connectivity index (χ1) is 13.0. The lowest BCUT2D eigenvalue weighted by molar-refractivity contribution is -0.130. The largest absolute Gasteiger partial charge is 0.341 e. The topological polar surface area (TPSA) is 66.1 Å². The molecule has 0 fully saturated rings. The van der Waals surface area contributed by atoms with Gasteiger partial charge in [0.25, 0.3) is 0 Å². The molecule has 1 amide bonds. The van der Waals surface area contributed by atoms with Gasteiger partial charge in [-0.2, -0.15) is 5.10 Å². The number of aromatic nitrogens is 2. The number of ketones is 1. The number of halogens is 1. The number of H-pyrrole nitrogens is 1. The van der Waals surface area contributed by atoms with Gasteiger partial charge in [-0.15, -0.1) is 0 Å². The predicted octanol–water partition coefficient (Wildman–Crippen LogP) is 3.84. The third kappa shape index (κ3) is 4.67. The van der Waals surface area contributed by atoms with E-state index in [9.17, 15) is 14.0 Å². The molecule has 0 bridgehead atoms. The zero-order valence-corrected chi connectivity index (χ0v) is 15.0. The van der Waals surface area contributed by atoms with Gasteiger partial charge in [0.05, 0.1) is 11.9 Å². The molecule has 3 rings (SSSR count). The van der Waals surface area contributed by atoms with E-state index in [0.29, 0.717) is 12.1 Å². The lowest BCUT2D eigenvalue weighted by Gasteiger charge is -2.17. The maximum Gasteiger partial charge on any atom is 0.223 e. The Morgan fingerprint density at radius 3 is 2.44 bits per heavy atom. The number of carbonyl (C=O) groups is 2. The Morgan fingerprint density at radius 2 is 1.74 bits per heavy atom. The van der Waals surface area contributed by atoms with Gasteiger partial charge < -0.3 is 4.90 Å². The molecule has 0 atom stereocenters. The average molecular weight is 365 g/mol. The van der Waals surface area contributed by atoms with Gasteiger partial charge >= 0.3 is 0 Å². The van der Waals surface area contributed by atoms with Crippen molar-refractivity contribution in [2.24, 2.45) is 0 Å². The van der Waals surface area contributed by atoms with Crippen LogP contribution in [0.1, 0.15) is 28.8 Å². The van der Waals surface area contributed by atoms with Gasteiger partial charge in [-0.1, -0.05) is 30.3 Å². The van der Waals surface area contributed by atoms with Gasteiger partial charge in [0, 0.05) is 37.6 Å². The number of Topliss-reactive ketones (excluding diaryl/α,β-unsaturated/α-hetero) is 1. The monoisotopic (exact) mass is 365 g/mol. The molecule has 27 heavy (non-hydrogen) atoms. The minimum atomic E-state index is -0.392. The molecule has 6 heteroatoms. The van der Waals surface area contributed by atoms with E-state index in [2.05, 4.69) is 10.2 Å². The van der Waals surface area contributed by atoms with Crippen molar-refractivity contribution < 1.29 is 14.0 Å². The molecule has 0 saturated carbocycles. The second-order valence-electron chi connectivity index (χ2n) is 6.32. The summed E-state index contributed by atoms with van der Waals surface area (Å²) in [4.78, 5) is 26.1. The number of amides is 1. The van der Waals surface area contributed by atoms with Gasteiger partial charge in [-0.3, -0.25) is 14.7 Å². The molecule has 0 spiro atoms. The number of aromatic amines is 1. The predicted molar refractivity (Wildman–Crippen MR) is 100 cm³/mol. The number of hydrogen-bond donors (Lipinski definition) is 1. The number of carbonyl (C=O) groups excluding carboxylic acids is 2. The lowest BCUT2D eigenvalue weighted by Crippen LogP contribution is -2.26. The molecular formula is C21H20FN3O2. The normalized spacial score (nSPS) is 10.6. The van der Waals surface area contributed by atoms with E-state index < -0.39 is 5.82 Å². The van der Waals surface area contributed by atoms with Gasteiger partial charge in [0.15, 0.2) is 5.78 Å². The number of benzene rings is 2. The van der Waals surface area contributed by atoms with E-state index in [0.717, 1.165) is 16.8 Å². The minimum Gasteiger partial charge on any atom is -0.341 e. The molecule has 0 radical (unpaired) electrons. The Hall–Kier alpha value is -3.28. The fourth-order valence-corrected chi connectivity index (χ4v) is 2.82. The lowest BCUT2D eigenvalue weighted by atomic mass is 10.1. The van der Waals surface area contributed by atoms with Gasteiger partial charge in [-0.05, 0) is 29.8 Å². The summed E-state index contributed by atoms with van der Waals surface area (Å²) in [6.45, 7) is 0.393. The van der Waals surface area contributed by atoms with Gasteiger partial charge in [0.2, 0.25) is 5.91 Å². The second-order valence-corrected chi connectivity index (χ2v) is 6.32. The highest BCUT2D eigenvalue weighted by Gasteiger charge is 2.16. The number of nitrogens with zero attached hydrogens (tertiary/aromatic N) is 2. The zero-order valence-electron chi connectivity index (χ0n) is 15.0. The maximum absolute atomic E-state index is 12.9. The second kappa shape index (κ2) is 8.40. The van der Waals surface area contributed by atoms with Crippen LogP contribution in [0.2, 0.25) is 0 Å². The highest BCUT2D eigenvalue weighted by atomic mass is 19.1. The van der Waals surface area contributed by atoms with E-state index >= 15 is 0 Å². The van der Waals surface area contributed by atoms with Crippen LogP contribution >= 0.6 is 0 Å². The molecule has 0 aliphatic carbocycles. The van der Waals surface area contributed by atoms with Crippen molar-refractivity contribution in [3.63, 3.8) is 0 Å². The molecule has 0 aliphatic heterocycles. The first-order valence-electron chi connectivity index (χ1n) is 8.65. The quantitative estimate of drug-likeness (QED) is 0.647. The van der Waals surface area contributed by atoms with Crippen LogP contribution in [0.4, 0.5) is 4.39 Å². The smallest absolute Gasteiger partial charge is 0.223 e. The third-order valence-corrected chi connectivity index (χ3v) is 4.35. The van der Waals surface area contributed by atoms with Crippen molar-refractivity contribution in [1.82, 2.24) is 15.1 Å². The summed E-state index contributed by atoms with van der Waals surface area (Å²) in [7, 11) is 1.70. The highest BCUT2D eigenvalue weighted by Crippen LogP contribution is 2.22. The highest BCUT2D eigenvalue weighted by molar-refractivity contribution is 5.97. The Kier molecular flexibility index (Phi) is 5.76. The third-order valence-electron chi connectivity index (χ3n) is 4.35. The summed E-state index contributed by atoms with van der Waals surface area (Å²) in [5.41, 5.74) is 3.19. The van der Waals surface area contributed by atoms with E-state index in [4.69, 9.17) is 0 Å². The number of rotatable bonds is 7. The zero-order chi connectivity index (χ0) is 19.2. The summed E-state index contributed by atoms with van der Waals surface area (Å²) in [5, 5.41) is 7.05. The van der Waals surface area contributed by atoms with Crippen LogP contribution in [-0.2, 0) is 11.3 Å². The molecular weight excluding hydrogens is 345 g/mol. The standard InChI is InChI=1S/C21H20FN3O2/c1-25(14-17-13-23-24-21(17)16-5-3-2-4-6-16)20(27)12-11-19(26)15-7-9-18(22)10-8-15/h2-10,13H,11-12,14H2,1H3,(H,23,24). The minimum absolute atomic E-state index is 0.0890. The Labute approximate surface area is 156 Å². The first-order valence-corrected chi connectivity index (χ1v) is 8.65. The average Bonchev–Trinajstić information content (AvgIpc) is 3.15. The molecule has 0 unspecified atom stereocenters. The van der Waals surface area contributed by atoms with Crippen LogP contribution in [0.5, 0.6) is 0 Å². The molecule has 1 N–H and O–H groups in total. The fourth-order valence-electron chi connectivity index (χ4n) is 2.82. The van der Waals surface area contributed by atoms with E-state index in [1.165, 1.54) is 24.3 Å². The van der Waals surface area contributed by atoms with Gasteiger partial charge in [-0.25, -0.2) is 4.39 Å². The Bertz CT molecular complexity index is 920. The van der Waals surface area contributed by atoms with Crippen LogP contribution in [0.3, 0.4) is 0 Å². The van der Waals surface area contributed by atoms with Crippen LogP contribution in [0.15, 0.2) is 60.8 Å². The van der Waals surface area contributed by atoms with E-state index in [1.54, 1.807) is 18.1 Å².